The Morgan fingerprint density at radius 2 is 2.07 bits per heavy atom. The van der Waals surface area contributed by atoms with Gasteiger partial charge in [0.15, 0.2) is 5.65 Å². The number of hydrogen-bond donors (Lipinski definition) is 2. The molecule has 3 heterocycles. The standard InChI is InChI=1S/C20H23N5O4/c1-28-10-8-21-20(27)24-9-7-16-15(12-24)19(26)25-18(22-16)11-17(23-25)13-3-5-14(29-2)6-4-13/h3-6,11,23H,7-10,12H2,1-2H3,(H,21,27). The smallest absolute Gasteiger partial charge is 0.317 e. The first-order valence-corrected chi connectivity index (χ1v) is 9.40. The number of aromatic nitrogens is 3. The summed E-state index contributed by atoms with van der Waals surface area (Å²) in [5.41, 5.74) is 3.38. The fourth-order valence-electron chi connectivity index (χ4n) is 3.44. The minimum atomic E-state index is -0.206. The number of amides is 2. The van der Waals surface area contributed by atoms with Gasteiger partial charge >= 0.3 is 6.03 Å². The van der Waals surface area contributed by atoms with E-state index in [0.29, 0.717) is 37.3 Å². The quantitative estimate of drug-likeness (QED) is 0.634. The maximum absolute atomic E-state index is 13.0. The van der Waals surface area contributed by atoms with Gasteiger partial charge in [-0.2, -0.15) is 0 Å². The second-order valence-corrected chi connectivity index (χ2v) is 6.83. The van der Waals surface area contributed by atoms with E-state index in [1.165, 1.54) is 4.52 Å². The molecule has 9 heteroatoms. The van der Waals surface area contributed by atoms with Crippen molar-refractivity contribution >= 4 is 11.7 Å². The van der Waals surface area contributed by atoms with Crippen LogP contribution in [0.15, 0.2) is 35.1 Å². The second kappa shape index (κ2) is 7.96. The van der Waals surface area contributed by atoms with E-state index >= 15 is 0 Å². The lowest BCUT2D eigenvalue weighted by molar-refractivity contribution is 0.175. The van der Waals surface area contributed by atoms with Crippen molar-refractivity contribution in [3.05, 3.63) is 51.9 Å². The Labute approximate surface area is 167 Å². The normalized spacial score (nSPS) is 13.4. The molecule has 0 atom stereocenters. The van der Waals surface area contributed by atoms with Gasteiger partial charge in [-0.3, -0.25) is 9.89 Å². The van der Waals surface area contributed by atoms with Crippen LogP contribution in [0.5, 0.6) is 5.75 Å². The molecule has 152 valence electrons. The number of urea groups is 1. The molecule has 2 amide bonds. The van der Waals surface area contributed by atoms with Crippen molar-refractivity contribution in [2.75, 3.05) is 33.9 Å². The maximum Gasteiger partial charge on any atom is 0.317 e. The van der Waals surface area contributed by atoms with E-state index in [9.17, 15) is 9.59 Å². The van der Waals surface area contributed by atoms with Crippen molar-refractivity contribution in [2.24, 2.45) is 0 Å². The lowest BCUT2D eigenvalue weighted by Crippen LogP contribution is -2.45. The Kier molecular flexibility index (Phi) is 5.22. The van der Waals surface area contributed by atoms with Crippen LogP contribution in [0, 0.1) is 0 Å². The molecule has 0 spiro atoms. The molecule has 9 nitrogen and oxygen atoms in total. The number of hydrogen-bond acceptors (Lipinski definition) is 5. The first-order valence-electron chi connectivity index (χ1n) is 9.40. The summed E-state index contributed by atoms with van der Waals surface area (Å²) in [5.74, 6) is 0.763. The van der Waals surface area contributed by atoms with Crippen LogP contribution in [0.4, 0.5) is 4.79 Å². The van der Waals surface area contributed by atoms with Crippen molar-refractivity contribution in [1.29, 1.82) is 0 Å². The number of nitrogens with zero attached hydrogens (tertiary/aromatic N) is 3. The third kappa shape index (κ3) is 3.68. The van der Waals surface area contributed by atoms with E-state index < -0.39 is 0 Å². The number of fused-ring (bicyclic) bond motifs is 2. The highest BCUT2D eigenvalue weighted by molar-refractivity contribution is 5.74. The summed E-state index contributed by atoms with van der Waals surface area (Å²) in [4.78, 5) is 31.6. The van der Waals surface area contributed by atoms with Crippen molar-refractivity contribution in [2.45, 2.75) is 13.0 Å². The predicted molar refractivity (Wildman–Crippen MR) is 107 cm³/mol. The van der Waals surface area contributed by atoms with Gasteiger partial charge in [0.2, 0.25) is 0 Å². The largest absolute Gasteiger partial charge is 0.497 e. The molecule has 3 aromatic rings. The molecule has 0 fully saturated rings. The highest BCUT2D eigenvalue weighted by atomic mass is 16.5. The molecule has 4 rings (SSSR count). The van der Waals surface area contributed by atoms with E-state index in [1.54, 1.807) is 19.1 Å². The Bertz CT molecular complexity index is 1090. The van der Waals surface area contributed by atoms with Crippen LogP contribution in [0.3, 0.4) is 0 Å². The summed E-state index contributed by atoms with van der Waals surface area (Å²) in [7, 11) is 3.20. The first kappa shape index (κ1) is 19.0. The van der Waals surface area contributed by atoms with Crippen molar-refractivity contribution in [3.8, 4) is 17.0 Å². The molecule has 0 aliphatic carbocycles. The van der Waals surface area contributed by atoms with Gasteiger partial charge in [-0.15, -0.1) is 0 Å². The SMILES string of the molecule is COCCNC(=O)N1CCc2nc3cc(-c4ccc(OC)cc4)[nH]n3c(=O)c2C1. The molecule has 0 radical (unpaired) electrons. The van der Waals surface area contributed by atoms with Crippen LogP contribution in [0.2, 0.25) is 0 Å². The van der Waals surface area contributed by atoms with Crippen molar-refractivity contribution < 1.29 is 14.3 Å². The molecule has 2 N–H and O–H groups in total. The van der Waals surface area contributed by atoms with Crippen LogP contribution in [0.25, 0.3) is 16.9 Å². The third-order valence-corrected chi connectivity index (χ3v) is 5.03. The molecular formula is C20H23N5O4. The minimum Gasteiger partial charge on any atom is -0.497 e. The van der Waals surface area contributed by atoms with E-state index in [0.717, 1.165) is 22.7 Å². The van der Waals surface area contributed by atoms with Crippen LogP contribution in [-0.4, -0.2) is 59.4 Å². The fourth-order valence-corrected chi connectivity index (χ4v) is 3.44. The average Bonchev–Trinajstić information content (AvgIpc) is 3.18. The minimum absolute atomic E-state index is 0.181. The van der Waals surface area contributed by atoms with Gasteiger partial charge in [-0.1, -0.05) is 0 Å². The zero-order valence-electron chi connectivity index (χ0n) is 16.4. The number of H-pyrrole nitrogens is 1. The molecule has 1 aromatic carbocycles. The number of rotatable bonds is 5. The Morgan fingerprint density at radius 3 is 2.79 bits per heavy atom. The summed E-state index contributed by atoms with van der Waals surface area (Å²) in [5, 5.41) is 5.91. The third-order valence-electron chi connectivity index (χ3n) is 5.03. The maximum atomic E-state index is 13.0. The van der Waals surface area contributed by atoms with Gasteiger partial charge in [0.1, 0.15) is 5.75 Å². The summed E-state index contributed by atoms with van der Waals surface area (Å²) >= 11 is 0. The summed E-state index contributed by atoms with van der Waals surface area (Å²) in [6, 6.07) is 9.21. The average molecular weight is 397 g/mol. The zero-order valence-corrected chi connectivity index (χ0v) is 16.4. The van der Waals surface area contributed by atoms with Gasteiger partial charge < -0.3 is 19.7 Å². The number of methoxy groups -OCH3 is 2. The van der Waals surface area contributed by atoms with E-state index in [4.69, 9.17) is 9.47 Å². The van der Waals surface area contributed by atoms with Crippen molar-refractivity contribution in [1.82, 2.24) is 24.8 Å². The van der Waals surface area contributed by atoms with Crippen molar-refractivity contribution in [3.63, 3.8) is 0 Å². The Hall–Kier alpha value is -3.33. The topological polar surface area (TPSA) is 101 Å². The zero-order chi connectivity index (χ0) is 20.4. The molecule has 0 unspecified atom stereocenters. The van der Waals surface area contributed by atoms with Crippen LogP contribution < -0.4 is 15.6 Å². The monoisotopic (exact) mass is 397 g/mol. The molecule has 1 aliphatic rings. The Morgan fingerprint density at radius 1 is 1.28 bits per heavy atom. The van der Waals surface area contributed by atoms with Gasteiger partial charge in [0.05, 0.1) is 37.2 Å². The van der Waals surface area contributed by atoms with Crippen LogP contribution >= 0.6 is 0 Å². The molecule has 0 saturated carbocycles. The number of carbonyl (C=O) groups excluding carboxylic acids is 1. The van der Waals surface area contributed by atoms with Gasteiger partial charge in [0.25, 0.3) is 5.56 Å². The molecule has 0 bridgehead atoms. The van der Waals surface area contributed by atoms with Gasteiger partial charge in [-0.05, 0) is 29.8 Å². The first-order chi connectivity index (χ1) is 14.1. The van der Waals surface area contributed by atoms with E-state index in [2.05, 4.69) is 15.4 Å². The lowest BCUT2D eigenvalue weighted by atomic mass is 10.1. The molecule has 0 saturated heterocycles. The number of nitrogens with one attached hydrogen (secondary N) is 2. The fraction of sp³-hybridized carbons (Fsp3) is 0.350. The number of carbonyl (C=O) groups is 1. The molecule has 29 heavy (non-hydrogen) atoms. The highest BCUT2D eigenvalue weighted by Gasteiger charge is 2.25. The number of ether oxygens (including phenoxy) is 2. The van der Waals surface area contributed by atoms with Crippen LogP contribution in [0.1, 0.15) is 11.3 Å². The van der Waals surface area contributed by atoms with Gasteiger partial charge in [-0.25, -0.2) is 14.3 Å². The summed E-state index contributed by atoms with van der Waals surface area (Å²) < 4.78 is 11.6. The van der Waals surface area contributed by atoms with E-state index in [1.807, 2.05) is 30.3 Å². The number of benzene rings is 1. The second-order valence-electron chi connectivity index (χ2n) is 6.83. The Balaban J connectivity index is 1.62. The van der Waals surface area contributed by atoms with Crippen LogP contribution in [-0.2, 0) is 17.7 Å². The van der Waals surface area contributed by atoms with E-state index in [-0.39, 0.29) is 18.1 Å². The summed E-state index contributed by atoms with van der Waals surface area (Å²) in [6.07, 6.45) is 0.543. The molecular weight excluding hydrogens is 374 g/mol. The highest BCUT2D eigenvalue weighted by Crippen LogP contribution is 2.23. The van der Waals surface area contributed by atoms with Gasteiger partial charge in [0, 0.05) is 32.7 Å². The number of aromatic amines is 1. The predicted octanol–water partition coefficient (Wildman–Crippen LogP) is 1.41. The lowest BCUT2D eigenvalue weighted by Gasteiger charge is -2.27. The summed E-state index contributed by atoms with van der Waals surface area (Å²) in [6.45, 7) is 1.62. The molecule has 1 aliphatic heterocycles. The molecule has 2 aromatic heterocycles.